The van der Waals surface area contributed by atoms with Gasteiger partial charge in [-0.3, -0.25) is 0 Å². The van der Waals surface area contributed by atoms with Gasteiger partial charge in [-0.1, -0.05) is 17.3 Å². The Balaban J connectivity index is 1.51. The molecule has 1 aromatic carbocycles. The van der Waals surface area contributed by atoms with E-state index in [0.29, 0.717) is 37.1 Å². The first-order chi connectivity index (χ1) is 15.6. The zero-order chi connectivity index (χ0) is 22.8. The van der Waals surface area contributed by atoms with Crippen LogP contribution in [-0.4, -0.2) is 41.7 Å². The zero-order valence-electron chi connectivity index (χ0n) is 18.4. The number of thiazole rings is 1. The summed E-state index contributed by atoms with van der Waals surface area (Å²) in [5.41, 5.74) is 20.7. The molecule has 3 aromatic rings. The summed E-state index contributed by atoms with van der Waals surface area (Å²) in [7, 11) is 0. The molecule has 0 amide bonds. The van der Waals surface area contributed by atoms with Gasteiger partial charge in [0.25, 0.3) is 0 Å². The fourth-order valence-corrected chi connectivity index (χ4v) is 3.73. The van der Waals surface area contributed by atoms with E-state index in [2.05, 4.69) is 44.0 Å². The summed E-state index contributed by atoms with van der Waals surface area (Å²) < 4.78 is 10.2. The molecular formula is C22H32N7O2S+. The molecular weight excluding hydrogens is 426 g/mol. The Bertz CT molecular complexity index is 973. The molecule has 172 valence electrons. The van der Waals surface area contributed by atoms with Gasteiger partial charge >= 0.3 is 0 Å². The van der Waals surface area contributed by atoms with E-state index in [-0.39, 0.29) is 0 Å². The minimum absolute atomic E-state index is 0.337. The lowest BCUT2D eigenvalue weighted by atomic mass is 10.1. The number of anilines is 1. The second-order valence-corrected chi connectivity index (χ2v) is 8.17. The summed E-state index contributed by atoms with van der Waals surface area (Å²) in [6.07, 6.45) is 6.19. The summed E-state index contributed by atoms with van der Waals surface area (Å²) in [5.74, 6) is 0.781. The fraction of sp³-hybridized carbons (Fsp3) is 0.409. The third-order valence-corrected chi connectivity index (χ3v) is 5.49. The summed E-state index contributed by atoms with van der Waals surface area (Å²) in [5, 5.41) is 6.41. The van der Waals surface area contributed by atoms with Crippen LogP contribution in [0.5, 0.6) is 5.75 Å². The van der Waals surface area contributed by atoms with Gasteiger partial charge in [0.1, 0.15) is 23.8 Å². The molecule has 0 aliphatic rings. The number of ether oxygens (including phenoxy) is 1. The molecule has 0 radical (unpaired) electrons. The molecule has 3 rings (SSSR count). The van der Waals surface area contributed by atoms with E-state index >= 15 is 0 Å². The monoisotopic (exact) mass is 458 g/mol. The first-order valence-electron chi connectivity index (χ1n) is 10.7. The predicted octanol–water partition coefficient (Wildman–Crippen LogP) is 2.00. The molecule has 9 nitrogen and oxygen atoms in total. The number of rotatable bonds is 13. The average molecular weight is 459 g/mol. The molecule has 2 aromatic heterocycles. The number of nitrogen functional groups attached to an aromatic ring is 1. The lowest BCUT2D eigenvalue weighted by Gasteiger charge is -2.06. The lowest BCUT2D eigenvalue weighted by Crippen LogP contribution is -2.43. The Morgan fingerprint density at radius 3 is 2.59 bits per heavy atom. The van der Waals surface area contributed by atoms with Crippen molar-refractivity contribution in [2.45, 2.75) is 32.9 Å². The van der Waals surface area contributed by atoms with Gasteiger partial charge in [-0.15, -0.1) is 16.0 Å². The van der Waals surface area contributed by atoms with Crippen LogP contribution in [0.3, 0.4) is 0 Å². The van der Waals surface area contributed by atoms with Gasteiger partial charge < -0.3 is 26.8 Å². The lowest BCUT2D eigenvalue weighted by molar-refractivity contribution is -0.775. The van der Waals surface area contributed by atoms with E-state index < -0.39 is 0 Å². The molecule has 0 aliphatic carbocycles. The number of aromatic nitrogens is 3. The molecule has 0 saturated carbocycles. The van der Waals surface area contributed by atoms with Crippen LogP contribution in [0.2, 0.25) is 0 Å². The molecule has 0 fully saturated rings. The Labute approximate surface area is 192 Å². The van der Waals surface area contributed by atoms with Gasteiger partial charge in [-0.25, -0.2) is 4.98 Å². The molecule has 2 heterocycles. The second kappa shape index (κ2) is 12.2. The molecule has 0 spiro atoms. The van der Waals surface area contributed by atoms with E-state index in [4.69, 9.17) is 26.8 Å². The van der Waals surface area contributed by atoms with Gasteiger partial charge in [-0.05, 0) is 44.1 Å². The predicted molar refractivity (Wildman–Crippen MR) is 128 cm³/mol. The highest BCUT2D eigenvalue weighted by Gasteiger charge is 2.14. The second-order valence-electron chi connectivity index (χ2n) is 7.28. The van der Waals surface area contributed by atoms with Crippen LogP contribution >= 0.6 is 11.3 Å². The van der Waals surface area contributed by atoms with Crippen molar-refractivity contribution in [2.75, 3.05) is 32.0 Å². The topological polar surface area (TPSA) is 131 Å². The van der Waals surface area contributed by atoms with Crippen molar-refractivity contribution >= 4 is 22.2 Å². The Morgan fingerprint density at radius 2 is 1.91 bits per heavy atom. The van der Waals surface area contributed by atoms with E-state index in [1.165, 1.54) is 11.3 Å². The van der Waals surface area contributed by atoms with Crippen LogP contribution in [0.25, 0.3) is 11.1 Å². The van der Waals surface area contributed by atoms with Crippen molar-refractivity contribution in [3.05, 3.63) is 47.7 Å². The first kappa shape index (κ1) is 23.7. The normalized spacial score (nSPS) is 11.7. The third kappa shape index (κ3) is 6.78. The van der Waals surface area contributed by atoms with Crippen molar-refractivity contribution in [3.8, 4) is 16.9 Å². The summed E-state index contributed by atoms with van der Waals surface area (Å²) in [4.78, 5) is 9.48. The fourth-order valence-electron chi connectivity index (χ4n) is 3.13. The number of hydrogen-bond donors (Lipinski definition) is 3. The SMILES string of the molecule is C/C(=N\OCCOc1ccc(-c2cn(CCCN)[n+](CCCN)c2)cc1)c1csc(N)n1. The number of nitrogens with zero attached hydrogens (tertiary/aromatic N) is 4. The maximum Gasteiger partial charge on any atom is 0.203 e. The van der Waals surface area contributed by atoms with Gasteiger partial charge in [0.15, 0.2) is 18.3 Å². The Hall–Kier alpha value is -2.95. The Kier molecular flexibility index (Phi) is 9.02. The summed E-state index contributed by atoms with van der Waals surface area (Å²) in [6.45, 7) is 5.68. The van der Waals surface area contributed by atoms with Gasteiger partial charge in [0.05, 0.1) is 18.3 Å². The van der Waals surface area contributed by atoms with Crippen molar-refractivity contribution in [1.82, 2.24) is 9.67 Å². The largest absolute Gasteiger partial charge is 0.490 e. The molecule has 10 heteroatoms. The van der Waals surface area contributed by atoms with Gasteiger partial charge in [-0.2, -0.15) is 4.68 Å². The first-order valence-corrected chi connectivity index (χ1v) is 11.6. The average Bonchev–Trinajstić information content (AvgIpc) is 3.42. The number of oxime groups is 1. The number of benzene rings is 1. The van der Waals surface area contributed by atoms with Crippen LogP contribution in [-0.2, 0) is 17.9 Å². The minimum Gasteiger partial charge on any atom is -0.490 e. The quantitative estimate of drug-likeness (QED) is 0.155. The Morgan fingerprint density at radius 1 is 1.12 bits per heavy atom. The van der Waals surface area contributed by atoms with Crippen molar-refractivity contribution < 1.29 is 14.3 Å². The molecule has 6 N–H and O–H groups in total. The van der Waals surface area contributed by atoms with E-state index in [9.17, 15) is 0 Å². The van der Waals surface area contributed by atoms with Crippen LogP contribution in [0.15, 0.2) is 47.2 Å². The highest BCUT2D eigenvalue weighted by Crippen LogP contribution is 2.22. The summed E-state index contributed by atoms with van der Waals surface area (Å²) in [6, 6.07) is 8.04. The van der Waals surface area contributed by atoms with Crippen LogP contribution in [0.1, 0.15) is 25.5 Å². The van der Waals surface area contributed by atoms with Crippen molar-refractivity contribution in [1.29, 1.82) is 0 Å². The van der Waals surface area contributed by atoms with Crippen molar-refractivity contribution in [2.24, 2.45) is 16.6 Å². The smallest absolute Gasteiger partial charge is 0.203 e. The maximum atomic E-state index is 5.76. The van der Waals surface area contributed by atoms with Gasteiger partial charge in [0.2, 0.25) is 6.20 Å². The highest BCUT2D eigenvalue weighted by atomic mass is 32.1. The molecule has 0 saturated heterocycles. The molecule has 0 aliphatic heterocycles. The maximum absolute atomic E-state index is 5.76. The number of aryl methyl sites for hydroxylation is 2. The molecule has 32 heavy (non-hydrogen) atoms. The van der Waals surface area contributed by atoms with Crippen LogP contribution < -0.4 is 26.6 Å². The number of hydrogen-bond acceptors (Lipinski definition) is 8. The van der Waals surface area contributed by atoms with E-state index in [1.807, 2.05) is 24.4 Å². The number of nitrogens with two attached hydrogens (primary N) is 3. The molecule has 0 atom stereocenters. The van der Waals surface area contributed by atoms with Gasteiger partial charge in [0, 0.05) is 11.8 Å². The highest BCUT2D eigenvalue weighted by molar-refractivity contribution is 7.13. The summed E-state index contributed by atoms with van der Waals surface area (Å²) >= 11 is 1.37. The molecule has 0 bridgehead atoms. The van der Waals surface area contributed by atoms with E-state index in [0.717, 1.165) is 48.5 Å². The zero-order valence-corrected chi connectivity index (χ0v) is 19.3. The van der Waals surface area contributed by atoms with Crippen molar-refractivity contribution in [3.63, 3.8) is 0 Å². The van der Waals surface area contributed by atoms with Crippen LogP contribution in [0, 0.1) is 0 Å². The van der Waals surface area contributed by atoms with E-state index in [1.54, 1.807) is 0 Å². The third-order valence-electron chi connectivity index (χ3n) is 4.81. The molecule has 0 unspecified atom stereocenters. The van der Waals surface area contributed by atoms with Crippen LogP contribution in [0.4, 0.5) is 5.13 Å². The minimum atomic E-state index is 0.337. The standard InChI is InChI=1S/C22H32N7O2S/c1-17(21-16-32-22(25)26-21)27-31-13-12-30-20-6-4-18(5-7-20)19-14-28(10-2-8-23)29(15-19)11-3-9-24/h4-7,14-16H,2-3,8-13,23-24H2,1H3,(H2,25,26)/q+1/b27-17+.